The molecule has 0 aliphatic rings. The molecule has 5 aromatic rings. The molecule has 0 radical (unpaired) electrons. The summed E-state index contributed by atoms with van der Waals surface area (Å²) in [6.45, 7) is 0. The number of aliphatic imine (C=N–C) groups is 1. The van der Waals surface area contributed by atoms with Crippen LogP contribution in [0.4, 0.5) is 22.7 Å². The summed E-state index contributed by atoms with van der Waals surface area (Å²) in [7, 11) is 0. The van der Waals surface area contributed by atoms with E-state index < -0.39 is 0 Å². The maximum absolute atomic E-state index is 4.52. The molecule has 0 saturated carbocycles. The Labute approximate surface area is 206 Å². The predicted molar refractivity (Wildman–Crippen MR) is 148 cm³/mol. The lowest BCUT2D eigenvalue weighted by atomic mass is 10.1. The highest BCUT2D eigenvalue weighted by molar-refractivity contribution is 5.82. The van der Waals surface area contributed by atoms with Crippen LogP contribution in [0, 0.1) is 0 Å². The van der Waals surface area contributed by atoms with Crippen molar-refractivity contribution in [2.24, 2.45) is 4.99 Å². The van der Waals surface area contributed by atoms with E-state index in [1.807, 2.05) is 42.6 Å². The smallest absolute Gasteiger partial charge is 0.0630 e. The van der Waals surface area contributed by atoms with E-state index in [9.17, 15) is 0 Å². The first-order chi connectivity index (χ1) is 17.3. The molecule has 0 bridgehead atoms. The Bertz CT molecular complexity index is 1350. The second kappa shape index (κ2) is 10.9. The molecule has 4 aromatic carbocycles. The summed E-state index contributed by atoms with van der Waals surface area (Å²) in [6, 6.07) is 41.6. The van der Waals surface area contributed by atoms with E-state index in [1.54, 1.807) is 12.4 Å². The van der Waals surface area contributed by atoms with Crippen molar-refractivity contribution >= 4 is 41.1 Å². The van der Waals surface area contributed by atoms with Gasteiger partial charge in [-0.3, -0.25) is 9.98 Å². The Kier molecular flexibility index (Phi) is 6.87. The standard InChI is InChI=1S/C32H25N3/c1-3-9-30(10-4-1)35(31-11-5-2-6-12-31)32-21-17-27(18-22-32)14-13-26-15-19-29(20-16-26)34-25-28-8-7-23-33-24-28/h1-25H/b14-13+,34-25?. The Morgan fingerprint density at radius 1 is 0.514 bits per heavy atom. The largest absolute Gasteiger partial charge is 0.311 e. The van der Waals surface area contributed by atoms with Gasteiger partial charge in [-0.2, -0.15) is 0 Å². The van der Waals surface area contributed by atoms with Crippen molar-refractivity contribution in [1.29, 1.82) is 0 Å². The van der Waals surface area contributed by atoms with Crippen LogP contribution < -0.4 is 4.90 Å². The van der Waals surface area contributed by atoms with Gasteiger partial charge >= 0.3 is 0 Å². The van der Waals surface area contributed by atoms with Crippen molar-refractivity contribution in [3.8, 4) is 0 Å². The van der Waals surface area contributed by atoms with E-state index in [1.165, 1.54) is 0 Å². The highest BCUT2D eigenvalue weighted by Gasteiger charge is 2.11. The van der Waals surface area contributed by atoms with Gasteiger partial charge in [-0.1, -0.05) is 78.9 Å². The summed E-state index contributed by atoms with van der Waals surface area (Å²) in [5.41, 5.74) is 7.56. The summed E-state index contributed by atoms with van der Waals surface area (Å²) in [6.07, 6.45) is 9.63. The van der Waals surface area contributed by atoms with E-state index in [0.717, 1.165) is 39.4 Å². The lowest BCUT2D eigenvalue weighted by molar-refractivity contribution is 1.28. The zero-order valence-corrected chi connectivity index (χ0v) is 19.3. The van der Waals surface area contributed by atoms with E-state index in [2.05, 4.69) is 112 Å². The van der Waals surface area contributed by atoms with Crippen LogP contribution in [0.25, 0.3) is 12.2 Å². The highest BCUT2D eigenvalue weighted by atomic mass is 15.1. The molecule has 35 heavy (non-hydrogen) atoms. The molecule has 0 unspecified atom stereocenters. The molecule has 0 fully saturated rings. The van der Waals surface area contributed by atoms with E-state index in [0.29, 0.717) is 0 Å². The van der Waals surface area contributed by atoms with Crippen molar-refractivity contribution in [2.75, 3.05) is 4.90 Å². The van der Waals surface area contributed by atoms with Crippen molar-refractivity contribution in [3.63, 3.8) is 0 Å². The van der Waals surface area contributed by atoms with E-state index in [4.69, 9.17) is 0 Å². The number of pyridine rings is 1. The Morgan fingerprint density at radius 3 is 1.60 bits per heavy atom. The number of hydrogen-bond donors (Lipinski definition) is 0. The predicted octanol–water partition coefficient (Wildman–Crippen LogP) is 8.47. The zero-order valence-electron chi connectivity index (χ0n) is 19.3. The maximum Gasteiger partial charge on any atom is 0.0630 e. The zero-order chi connectivity index (χ0) is 23.7. The first-order valence-electron chi connectivity index (χ1n) is 11.6. The van der Waals surface area contributed by atoms with Crippen molar-refractivity contribution in [2.45, 2.75) is 0 Å². The number of hydrogen-bond acceptors (Lipinski definition) is 3. The van der Waals surface area contributed by atoms with Crippen LogP contribution in [-0.4, -0.2) is 11.2 Å². The van der Waals surface area contributed by atoms with Gasteiger partial charge in [0.05, 0.1) is 5.69 Å². The lowest BCUT2D eigenvalue weighted by Crippen LogP contribution is -2.09. The summed E-state index contributed by atoms with van der Waals surface area (Å²) in [5, 5.41) is 0. The summed E-state index contributed by atoms with van der Waals surface area (Å²) >= 11 is 0. The van der Waals surface area contributed by atoms with Crippen molar-refractivity contribution in [1.82, 2.24) is 4.98 Å². The van der Waals surface area contributed by atoms with Crippen LogP contribution in [0.2, 0.25) is 0 Å². The van der Waals surface area contributed by atoms with Crippen LogP contribution in [0.15, 0.2) is 139 Å². The first kappa shape index (κ1) is 22.1. The first-order valence-corrected chi connectivity index (χ1v) is 11.6. The quantitative estimate of drug-likeness (QED) is 0.183. The molecule has 1 aromatic heterocycles. The van der Waals surface area contributed by atoms with Crippen LogP contribution in [-0.2, 0) is 0 Å². The number of para-hydroxylation sites is 2. The molecule has 0 N–H and O–H groups in total. The molecule has 3 heteroatoms. The van der Waals surface area contributed by atoms with Gasteiger partial charge in [0, 0.05) is 41.2 Å². The molecule has 168 valence electrons. The molecule has 0 spiro atoms. The topological polar surface area (TPSA) is 28.5 Å². The van der Waals surface area contributed by atoms with Gasteiger partial charge in [0.25, 0.3) is 0 Å². The van der Waals surface area contributed by atoms with Crippen LogP contribution >= 0.6 is 0 Å². The Morgan fingerprint density at radius 2 is 1.06 bits per heavy atom. The minimum Gasteiger partial charge on any atom is -0.311 e. The number of rotatable bonds is 7. The minimum atomic E-state index is 0.914. The molecule has 1 heterocycles. The summed E-state index contributed by atoms with van der Waals surface area (Å²) in [5.74, 6) is 0. The van der Waals surface area contributed by atoms with Crippen molar-refractivity contribution in [3.05, 3.63) is 150 Å². The van der Waals surface area contributed by atoms with Gasteiger partial charge in [-0.15, -0.1) is 0 Å². The van der Waals surface area contributed by atoms with Crippen molar-refractivity contribution < 1.29 is 0 Å². The number of nitrogens with zero attached hydrogens (tertiary/aromatic N) is 3. The molecular formula is C32H25N3. The lowest BCUT2D eigenvalue weighted by Gasteiger charge is -2.25. The third-order valence-electron chi connectivity index (χ3n) is 5.59. The molecule has 0 aliphatic carbocycles. The van der Waals surface area contributed by atoms with Gasteiger partial charge < -0.3 is 4.90 Å². The van der Waals surface area contributed by atoms with E-state index >= 15 is 0 Å². The average molecular weight is 452 g/mol. The molecule has 3 nitrogen and oxygen atoms in total. The molecule has 5 rings (SSSR count). The summed E-state index contributed by atoms with van der Waals surface area (Å²) in [4.78, 5) is 10.9. The second-order valence-corrected chi connectivity index (χ2v) is 8.07. The van der Waals surface area contributed by atoms with Gasteiger partial charge in [0.1, 0.15) is 0 Å². The van der Waals surface area contributed by atoms with Gasteiger partial charge in [-0.25, -0.2) is 0 Å². The fourth-order valence-electron chi connectivity index (χ4n) is 3.80. The molecule has 0 atom stereocenters. The monoisotopic (exact) mass is 451 g/mol. The molecule has 0 amide bonds. The number of aromatic nitrogens is 1. The molecular weight excluding hydrogens is 426 g/mol. The van der Waals surface area contributed by atoms with Gasteiger partial charge in [-0.05, 0) is 65.7 Å². The second-order valence-electron chi connectivity index (χ2n) is 8.07. The fourth-order valence-corrected chi connectivity index (χ4v) is 3.80. The Balaban J connectivity index is 1.30. The van der Waals surface area contributed by atoms with Crippen LogP contribution in [0.3, 0.4) is 0 Å². The average Bonchev–Trinajstić information content (AvgIpc) is 2.94. The molecule has 0 saturated heterocycles. The maximum atomic E-state index is 4.52. The van der Waals surface area contributed by atoms with Crippen LogP contribution in [0.5, 0.6) is 0 Å². The third-order valence-corrected chi connectivity index (χ3v) is 5.59. The Hall–Kier alpha value is -4.76. The number of anilines is 3. The SMILES string of the molecule is C(=Nc1ccc(/C=C/c2ccc(N(c3ccccc3)c3ccccc3)cc2)cc1)c1cccnc1. The van der Waals surface area contributed by atoms with Gasteiger partial charge in [0.2, 0.25) is 0 Å². The fraction of sp³-hybridized carbons (Fsp3) is 0. The normalized spacial score (nSPS) is 11.2. The van der Waals surface area contributed by atoms with Crippen LogP contribution in [0.1, 0.15) is 16.7 Å². The van der Waals surface area contributed by atoms with E-state index in [-0.39, 0.29) is 0 Å². The third kappa shape index (κ3) is 5.79. The minimum absolute atomic E-state index is 0.914. The van der Waals surface area contributed by atoms with Gasteiger partial charge in [0.15, 0.2) is 0 Å². The molecule has 0 aliphatic heterocycles. The highest BCUT2D eigenvalue weighted by Crippen LogP contribution is 2.34. The summed E-state index contributed by atoms with van der Waals surface area (Å²) < 4.78 is 0. The number of benzene rings is 4.